The van der Waals surface area contributed by atoms with Crippen LogP contribution in [0.1, 0.15) is 22.5 Å². The lowest BCUT2D eigenvalue weighted by Crippen LogP contribution is -2.12. The van der Waals surface area contributed by atoms with Gasteiger partial charge in [0.15, 0.2) is 5.13 Å². The van der Waals surface area contributed by atoms with Gasteiger partial charge in [-0.15, -0.1) is 0 Å². The summed E-state index contributed by atoms with van der Waals surface area (Å²) >= 11 is 4.64. The number of benzene rings is 1. The molecular formula is C13H13BrN4OS. The highest BCUT2D eigenvalue weighted by atomic mass is 79.9. The number of nitrogens with two attached hydrogens (primary N) is 1. The maximum absolute atomic E-state index is 12.2. The van der Waals surface area contributed by atoms with Crippen molar-refractivity contribution in [2.75, 3.05) is 16.4 Å². The summed E-state index contributed by atoms with van der Waals surface area (Å²) in [5.74, 6) is 0.0407. The molecule has 0 saturated heterocycles. The van der Waals surface area contributed by atoms with Crippen LogP contribution >= 0.6 is 27.3 Å². The SMILES string of the molecule is Nc1nc(NC2CC2)sc1C(=O)Nc1ccc(Br)cc1. The molecule has 2 aromatic rings. The number of nitrogen functional groups attached to an aromatic ring is 1. The lowest BCUT2D eigenvalue weighted by atomic mass is 10.3. The first kappa shape index (κ1) is 13.4. The number of hydrogen-bond donors (Lipinski definition) is 3. The van der Waals surface area contributed by atoms with Crippen molar-refractivity contribution in [2.45, 2.75) is 18.9 Å². The van der Waals surface area contributed by atoms with Crippen LogP contribution in [-0.2, 0) is 0 Å². The summed E-state index contributed by atoms with van der Waals surface area (Å²) < 4.78 is 0.962. The molecule has 1 aliphatic carbocycles. The Bertz CT molecular complexity index is 636. The van der Waals surface area contributed by atoms with E-state index in [0.717, 1.165) is 23.0 Å². The molecule has 1 heterocycles. The van der Waals surface area contributed by atoms with E-state index >= 15 is 0 Å². The Labute approximate surface area is 128 Å². The Morgan fingerprint density at radius 1 is 1.35 bits per heavy atom. The van der Waals surface area contributed by atoms with Crippen molar-refractivity contribution in [2.24, 2.45) is 0 Å². The van der Waals surface area contributed by atoms with Gasteiger partial charge in [-0.3, -0.25) is 4.79 Å². The van der Waals surface area contributed by atoms with Gasteiger partial charge in [0.2, 0.25) is 0 Å². The van der Waals surface area contributed by atoms with Crippen LogP contribution in [0.4, 0.5) is 16.6 Å². The third kappa shape index (κ3) is 3.10. The van der Waals surface area contributed by atoms with Gasteiger partial charge in [0.05, 0.1) is 0 Å². The van der Waals surface area contributed by atoms with Crippen molar-refractivity contribution in [3.8, 4) is 0 Å². The van der Waals surface area contributed by atoms with E-state index in [2.05, 4.69) is 31.5 Å². The minimum atomic E-state index is -0.230. The Balaban J connectivity index is 1.72. The molecule has 1 aliphatic rings. The molecule has 0 radical (unpaired) electrons. The van der Waals surface area contributed by atoms with E-state index in [1.54, 1.807) is 0 Å². The summed E-state index contributed by atoms with van der Waals surface area (Å²) in [6.45, 7) is 0. The Kier molecular flexibility index (Phi) is 3.62. The van der Waals surface area contributed by atoms with Crippen LogP contribution in [-0.4, -0.2) is 16.9 Å². The van der Waals surface area contributed by atoms with Crippen LogP contribution in [0.2, 0.25) is 0 Å². The minimum Gasteiger partial charge on any atom is -0.382 e. The maximum Gasteiger partial charge on any atom is 0.269 e. The van der Waals surface area contributed by atoms with Gasteiger partial charge in [0.25, 0.3) is 5.91 Å². The van der Waals surface area contributed by atoms with Crippen LogP contribution < -0.4 is 16.4 Å². The van der Waals surface area contributed by atoms with Gasteiger partial charge >= 0.3 is 0 Å². The zero-order chi connectivity index (χ0) is 14.1. The fourth-order valence-electron chi connectivity index (χ4n) is 1.68. The number of halogens is 1. The summed E-state index contributed by atoms with van der Waals surface area (Å²) in [5.41, 5.74) is 6.53. The zero-order valence-corrected chi connectivity index (χ0v) is 12.9. The van der Waals surface area contributed by atoms with Crippen molar-refractivity contribution in [3.05, 3.63) is 33.6 Å². The first-order valence-corrected chi connectivity index (χ1v) is 7.82. The van der Waals surface area contributed by atoms with Gasteiger partial charge < -0.3 is 16.4 Å². The average molecular weight is 353 g/mol. The molecule has 5 nitrogen and oxygen atoms in total. The summed E-state index contributed by atoms with van der Waals surface area (Å²) in [7, 11) is 0. The lowest BCUT2D eigenvalue weighted by molar-refractivity contribution is 0.103. The third-order valence-corrected chi connectivity index (χ3v) is 4.40. The largest absolute Gasteiger partial charge is 0.382 e. The van der Waals surface area contributed by atoms with Gasteiger partial charge in [-0.1, -0.05) is 27.3 Å². The fourth-order valence-corrected chi connectivity index (χ4v) is 2.80. The van der Waals surface area contributed by atoms with Crippen molar-refractivity contribution < 1.29 is 4.79 Å². The maximum atomic E-state index is 12.2. The molecular weight excluding hydrogens is 340 g/mol. The molecule has 7 heteroatoms. The minimum absolute atomic E-state index is 0.230. The van der Waals surface area contributed by atoms with E-state index in [4.69, 9.17) is 5.73 Å². The Morgan fingerprint density at radius 3 is 2.70 bits per heavy atom. The van der Waals surface area contributed by atoms with E-state index in [-0.39, 0.29) is 11.7 Å². The molecule has 4 N–H and O–H groups in total. The number of carbonyl (C=O) groups excluding carboxylic acids is 1. The summed E-state index contributed by atoms with van der Waals surface area (Å²) in [5, 5.41) is 6.77. The second kappa shape index (κ2) is 5.41. The molecule has 1 aromatic heterocycles. The molecule has 1 fully saturated rings. The number of nitrogens with zero attached hydrogens (tertiary/aromatic N) is 1. The molecule has 0 atom stereocenters. The van der Waals surface area contributed by atoms with Crippen molar-refractivity contribution >= 4 is 49.8 Å². The predicted molar refractivity (Wildman–Crippen MR) is 85.3 cm³/mol. The quantitative estimate of drug-likeness (QED) is 0.788. The van der Waals surface area contributed by atoms with Crippen LogP contribution in [0, 0.1) is 0 Å². The second-order valence-electron chi connectivity index (χ2n) is 4.61. The topological polar surface area (TPSA) is 80.0 Å². The molecule has 20 heavy (non-hydrogen) atoms. The predicted octanol–water partition coefficient (Wildman–Crippen LogP) is 3.31. The molecule has 1 aromatic carbocycles. The summed E-state index contributed by atoms with van der Waals surface area (Å²) in [6.07, 6.45) is 2.31. The molecule has 0 spiro atoms. The average Bonchev–Trinajstić information content (AvgIpc) is 3.14. The normalized spacial score (nSPS) is 14.1. The molecule has 1 saturated carbocycles. The third-order valence-electron chi connectivity index (χ3n) is 2.87. The van der Waals surface area contributed by atoms with E-state index in [0.29, 0.717) is 16.1 Å². The number of anilines is 3. The number of aromatic nitrogens is 1. The fraction of sp³-hybridized carbons (Fsp3) is 0.231. The van der Waals surface area contributed by atoms with Gasteiger partial charge in [-0.2, -0.15) is 0 Å². The smallest absolute Gasteiger partial charge is 0.269 e. The van der Waals surface area contributed by atoms with E-state index in [9.17, 15) is 4.79 Å². The van der Waals surface area contributed by atoms with E-state index < -0.39 is 0 Å². The Morgan fingerprint density at radius 2 is 2.05 bits per heavy atom. The second-order valence-corrected chi connectivity index (χ2v) is 6.53. The van der Waals surface area contributed by atoms with Gasteiger partial charge in [-0.05, 0) is 37.1 Å². The van der Waals surface area contributed by atoms with Crippen molar-refractivity contribution in [1.29, 1.82) is 0 Å². The number of hydrogen-bond acceptors (Lipinski definition) is 5. The molecule has 1 amide bonds. The van der Waals surface area contributed by atoms with Crippen LogP contribution in [0.25, 0.3) is 0 Å². The summed E-state index contributed by atoms with van der Waals surface area (Å²) in [6, 6.07) is 7.87. The van der Waals surface area contributed by atoms with E-state index in [1.165, 1.54) is 11.3 Å². The molecule has 0 unspecified atom stereocenters. The highest BCUT2D eigenvalue weighted by Crippen LogP contribution is 2.31. The van der Waals surface area contributed by atoms with Crippen LogP contribution in [0.5, 0.6) is 0 Å². The number of nitrogens with one attached hydrogen (secondary N) is 2. The highest BCUT2D eigenvalue weighted by molar-refractivity contribution is 9.10. The highest BCUT2D eigenvalue weighted by Gasteiger charge is 2.24. The number of carbonyl (C=O) groups is 1. The van der Waals surface area contributed by atoms with Gasteiger partial charge in [-0.25, -0.2) is 4.98 Å². The van der Waals surface area contributed by atoms with Crippen LogP contribution in [0.15, 0.2) is 28.7 Å². The van der Waals surface area contributed by atoms with Crippen molar-refractivity contribution in [1.82, 2.24) is 4.98 Å². The lowest BCUT2D eigenvalue weighted by Gasteiger charge is -2.03. The molecule has 0 bridgehead atoms. The monoisotopic (exact) mass is 352 g/mol. The van der Waals surface area contributed by atoms with Crippen molar-refractivity contribution in [3.63, 3.8) is 0 Å². The first-order chi connectivity index (χ1) is 9.61. The van der Waals surface area contributed by atoms with Gasteiger partial charge in [0, 0.05) is 16.2 Å². The molecule has 0 aliphatic heterocycles. The van der Waals surface area contributed by atoms with Crippen LogP contribution in [0.3, 0.4) is 0 Å². The van der Waals surface area contributed by atoms with Gasteiger partial charge in [0.1, 0.15) is 10.7 Å². The number of amides is 1. The molecule has 3 rings (SSSR count). The summed E-state index contributed by atoms with van der Waals surface area (Å²) in [4.78, 5) is 16.8. The Hall–Kier alpha value is -1.60. The van der Waals surface area contributed by atoms with E-state index in [1.807, 2.05) is 24.3 Å². The standard InChI is InChI=1S/C13H13BrN4OS/c14-7-1-3-8(4-2-7)16-12(19)10-11(15)18-13(20-10)17-9-5-6-9/h1-4,9H,5-6,15H2,(H,16,19)(H,17,18). The molecule has 104 valence electrons. The zero-order valence-electron chi connectivity index (χ0n) is 10.5. The first-order valence-electron chi connectivity index (χ1n) is 6.21. The number of rotatable bonds is 4. The number of thiazole rings is 1.